The molecule has 0 amide bonds. The van der Waals surface area contributed by atoms with Crippen LogP contribution < -0.4 is 9.80 Å². The Kier molecular flexibility index (Phi) is 4.24. The largest absolute Gasteiger partial charge is 0.378 e. The molecule has 0 aromatic carbocycles. The summed E-state index contributed by atoms with van der Waals surface area (Å²) in [5.74, 6) is 1.69. The van der Waals surface area contributed by atoms with Gasteiger partial charge in [0.2, 0.25) is 5.95 Å². The molecule has 0 N–H and O–H groups in total. The van der Waals surface area contributed by atoms with Crippen LogP contribution in [-0.2, 0) is 18.3 Å². The van der Waals surface area contributed by atoms with Gasteiger partial charge in [0.15, 0.2) is 0 Å². The normalized spacial score (nSPS) is 15.1. The van der Waals surface area contributed by atoms with Gasteiger partial charge in [0, 0.05) is 51.2 Å². The number of hydrogen-bond donors (Lipinski definition) is 0. The summed E-state index contributed by atoms with van der Waals surface area (Å²) < 4.78 is 7.27. The maximum absolute atomic E-state index is 5.38. The molecule has 1 fully saturated rings. The van der Waals surface area contributed by atoms with E-state index in [-0.39, 0.29) is 0 Å². The van der Waals surface area contributed by atoms with Crippen molar-refractivity contribution in [2.45, 2.75) is 13.5 Å². The quantitative estimate of drug-likeness (QED) is 0.839. The third-order valence-electron chi connectivity index (χ3n) is 4.06. The molecule has 1 aliphatic rings. The van der Waals surface area contributed by atoms with Crippen LogP contribution >= 0.6 is 0 Å². The molecule has 22 heavy (non-hydrogen) atoms. The number of anilines is 2. The Hall–Kier alpha value is -2.15. The molecule has 2 aromatic heterocycles. The average molecular weight is 302 g/mol. The zero-order chi connectivity index (χ0) is 15.5. The summed E-state index contributed by atoms with van der Waals surface area (Å²) >= 11 is 0. The second-order valence-corrected chi connectivity index (χ2v) is 5.55. The minimum atomic E-state index is 0.734. The van der Waals surface area contributed by atoms with Gasteiger partial charge < -0.3 is 14.5 Å². The Morgan fingerprint density at radius 3 is 2.77 bits per heavy atom. The van der Waals surface area contributed by atoms with Crippen molar-refractivity contribution in [3.8, 4) is 0 Å². The van der Waals surface area contributed by atoms with Crippen molar-refractivity contribution in [1.82, 2.24) is 19.7 Å². The Morgan fingerprint density at radius 1 is 1.32 bits per heavy atom. The van der Waals surface area contributed by atoms with E-state index in [0.717, 1.165) is 44.6 Å². The topological polar surface area (TPSA) is 59.3 Å². The van der Waals surface area contributed by atoms with Crippen LogP contribution in [-0.4, -0.2) is 53.1 Å². The van der Waals surface area contributed by atoms with E-state index in [9.17, 15) is 0 Å². The fourth-order valence-electron chi connectivity index (χ4n) is 2.50. The minimum absolute atomic E-state index is 0.734. The highest BCUT2D eigenvalue weighted by Crippen LogP contribution is 2.18. The summed E-state index contributed by atoms with van der Waals surface area (Å²) in [7, 11) is 4.00. The standard InChI is InChI=1S/C15H22N6O/c1-12-13(10-17-20(12)3)11-19(2)14-4-5-16-15(18-14)21-6-8-22-9-7-21/h4-5,10H,6-9,11H2,1-3H3. The van der Waals surface area contributed by atoms with Gasteiger partial charge in [-0.05, 0) is 13.0 Å². The van der Waals surface area contributed by atoms with Crippen molar-refractivity contribution in [2.75, 3.05) is 43.2 Å². The Balaban J connectivity index is 1.74. The number of rotatable bonds is 4. The Morgan fingerprint density at radius 2 is 2.09 bits per heavy atom. The lowest BCUT2D eigenvalue weighted by Gasteiger charge is -2.27. The Bertz CT molecular complexity index is 635. The van der Waals surface area contributed by atoms with Gasteiger partial charge in [-0.1, -0.05) is 0 Å². The first kappa shape index (κ1) is 14.8. The molecule has 0 unspecified atom stereocenters. The molecule has 0 aliphatic carbocycles. The molecule has 1 saturated heterocycles. The maximum Gasteiger partial charge on any atom is 0.227 e. The number of ether oxygens (including phenoxy) is 1. The van der Waals surface area contributed by atoms with Gasteiger partial charge in [-0.25, -0.2) is 4.98 Å². The second-order valence-electron chi connectivity index (χ2n) is 5.55. The lowest BCUT2D eigenvalue weighted by atomic mass is 10.2. The molecular weight excluding hydrogens is 280 g/mol. The van der Waals surface area contributed by atoms with E-state index in [4.69, 9.17) is 4.74 Å². The van der Waals surface area contributed by atoms with Gasteiger partial charge in [0.05, 0.1) is 19.4 Å². The minimum Gasteiger partial charge on any atom is -0.378 e. The third kappa shape index (κ3) is 3.04. The van der Waals surface area contributed by atoms with Crippen LogP contribution in [0.25, 0.3) is 0 Å². The fourth-order valence-corrected chi connectivity index (χ4v) is 2.50. The Labute approximate surface area is 130 Å². The van der Waals surface area contributed by atoms with Crippen molar-refractivity contribution >= 4 is 11.8 Å². The first-order valence-corrected chi connectivity index (χ1v) is 7.49. The summed E-state index contributed by atoms with van der Waals surface area (Å²) in [5.41, 5.74) is 2.38. The van der Waals surface area contributed by atoms with E-state index in [1.54, 1.807) is 0 Å². The summed E-state index contributed by atoms with van der Waals surface area (Å²) in [6, 6.07) is 1.94. The van der Waals surface area contributed by atoms with Gasteiger partial charge in [-0.3, -0.25) is 4.68 Å². The first-order chi connectivity index (χ1) is 10.6. The zero-order valence-electron chi connectivity index (χ0n) is 13.4. The number of morpholine rings is 1. The third-order valence-corrected chi connectivity index (χ3v) is 4.06. The first-order valence-electron chi connectivity index (χ1n) is 7.49. The van der Waals surface area contributed by atoms with Gasteiger partial charge in [-0.15, -0.1) is 0 Å². The van der Waals surface area contributed by atoms with E-state index < -0.39 is 0 Å². The van der Waals surface area contributed by atoms with Crippen LogP contribution in [0, 0.1) is 6.92 Å². The van der Waals surface area contributed by atoms with E-state index in [0.29, 0.717) is 0 Å². The van der Waals surface area contributed by atoms with Gasteiger partial charge >= 0.3 is 0 Å². The predicted molar refractivity (Wildman–Crippen MR) is 85.1 cm³/mol. The van der Waals surface area contributed by atoms with E-state index in [1.807, 2.05) is 37.2 Å². The number of aryl methyl sites for hydroxylation is 1. The van der Waals surface area contributed by atoms with E-state index in [1.165, 1.54) is 11.3 Å². The average Bonchev–Trinajstić information content (AvgIpc) is 2.88. The van der Waals surface area contributed by atoms with Gasteiger partial charge in [0.25, 0.3) is 0 Å². The fraction of sp³-hybridized carbons (Fsp3) is 0.533. The van der Waals surface area contributed by atoms with Crippen LogP contribution in [0.2, 0.25) is 0 Å². The molecule has 1 aliphatic heterocycles. The number of aromatic nitrogens is 4. The molecule has 0 radical (unpaired) electrons. The second kappa shape index (κ2) is 6.31. The molecule has 0 spiro atoms. The summed E-state index contributed by atoms with van der Waals surface area (Å²) in [4.78, 5) is 13.4. The molecule has 7 heteroatoms. The van der Waals surface area contributed by atoms with Crippen LogP contribution in [0.3, 0.4) is 0 Å². The molecule has 3 heterocycles. The highest BCUT2D eigenvalue weighted by atomic mass is 16.5. The van der Waals surface area contributed by atoms with Crippen LogP contribution in [0.5, 0.6) is 0 Å². The molecular formula is C15H22N6O. The molecule has 2 aromatic rings. The van der Waals surface area contributed by atoms with Crippen LogP contribution in [0.4, 0.5) is 11.8 Å². The van der Waals surface area contributed by atoms with E-state index >= 15 is 0 Å². The molecule has 118 valence electrons. The smallest absolute Gasteiger partial charge is 0.227 e. The van der Waals surface area contributed by atoms with Crippen molar-refractivity contribution in [3.63, 3.8) is 0 Å². The van der Waals surface area contributed by atoms with Gasteiger partial charge in [0.1, 0.15) is 5.82 Å². The molecule has 0 bridgehead atoms. The van der Waals surface area contributed by atoms with Crippen molar-refractivity contribution in [3.05, 3.63) is 29.7 Å². The number of nitrogens with zero attached hydrogens (tertiary/aromatic N) is 6. The van der Waals surface area contributed by atoms with Crippen LogP contribution in [0.1, 0.15) is 11.3 Å². The predicted octanol–water partition coefficient (Wildman–Crippen LogP) is 0.992. The molecule has 7 nitrogen and oxygen atoms in total. The number of hydrogen-bond acceptors (Lipinski definition) is 6. The lowest BCUT2D eigenvalue weighted by Crippen LogP contribution is -2.37. The lowest BCUT2D eigenvalue weighted by molar-refractivity contribution is 0.122. The van der Waals surface area contributed by atoms with Crippen molar-refractivity contribution in [2.24, 2.45) is 7.05 Å². The monoisotopic (exact) mass is 302 g/mol. The van der Waals surface area contributed by atoms with Crippen LogP contribution in [0.15, 0.2) is 18.5 Å². The maximum atomic E-state index is 5.38. The molecule has 3 rings (SSSR count). The molecule has 0 saturated carbocycles. The highest BCUT2D eigenvalue weighted by molar-refractivity contribution is 5.44. The zero-order valence-corrected chi connectivity index (χ0v) is 13.4. The molecule has 0 atom stereocenters. The summed E-state index contributed by atoms with van der Waals surface area (Å²) in [6.07, 6.45) is 3.73. The van der Waals surface area contributed by atoms with E-state index in [2.05, 4.69) is 31.8 Å². The SMILES string of the molecule is Cc1c(CN(C)c2ccnc(N3CCOCC3)n2)cnn1C. The highest BCUT2D eigenvalue weighted by Gasteiger charge is 2.15. The van der Waals surface area contributed by atoms with Crippen molar-refractivity contribution in [1.29, 1.82) is 0 Å². The van der Waals surface area contributed by atoms with Crippen molar-refractivity contribution < 1.29 is 4.74 Å². The summed E-state index contributed by atoms with van der Waals surface area (Å²) in [6.45, 7) is 6.01. The summed E-state index contributed by atoms with van der Waals surface area (Å²) in [5, 5.41) is 4.29. The van der Waals surface area contributed by atoms with Gasteiger partial charge in [-0.2, -0.15) is 10.1 Å².